The minimum absolute atomic E-state index is 0.241. The summed E-state index contributed by atoms with van der Waals surface area (Å²) in [6, 6.07) is 1.55. The molecular weight excluding hydrogens is 211 g/mol. The van der Waals surface area contributed by atoms with E-state index in [0.717, 1.165) is 0 Å². The van der Waals surface area contributed by atoms with Gasteiger partial charge in [-0.1, -0.05) is 0 Å². The van der Waals surface area contributed by atoms with E-state index in [-0.39, 0.29) is 6.61 Å². The molecule has 0 radical (unpaired) electrons. The number of carbonyl (C=O) groups excluding carboxylic acids is 1. The van der Waals surface area contributed by atoms with Crippen LogP contribution in [0.3, 0.4) is 0 Å². The van der Waals surface area contributed by atoms with Crippen LogP contribution in [0.15, 0.2) is 29.9 Å². The van der Waals surface area contributed by atoms with E-state index in [1.165, 1.54) is 26.2 Å². The van der Waals surface area contributed by atoms with Crippen LogP contribution in [0.5, 0.6) is 0 Å². The largest absolute Gasteiger partial charge is 0.392 e. The van der Waals surface area contributed by atoms with Crippen LogP contribution in [0.4, 0.5) is 10.1 Å². The van der Waals surface area contributed by atoms with Crippen molar-refractivity contribution in [1.29, 1.82) is 0 Å². The van der Waals surface area contributed by atoms with E-state index in [0.29, 0.717) is 16.8 Å². The molecule has 0 aliphatic heterocycles. The Morgan fingerprint density at radius 1 is 1.56 bits per heavy atom. The number of nitrogens with zero attached hydrogens (tertiary/aromatic N) is 1. The Morgan fingerprint density at radius 3 is 2.81 bits per heavy atom. The molecule has 1 heterocycles. The highest BCUT2D eigenvalue weighted by molar-refractivity contribution is 6.02. The van der Waals surface area contributed by atoms with Gasteiger partial charge in [-0.25, -0.2) is 4.39 Å². The number of rotatable bonds is 3. The molecule has 2 N–H and O–H groups in total. The Kier molecular flexibility index (Phi) is 4.13. The fourth-order valence-electron chi connectivity index (χ4n) is 1.08. The van der Waals surface area contributed by atoms with E-state index >= 15 is 0 Å². The monoisotopic (exact) mass is 224 g/mol. The van der Waals surface area contributed by atoms with Gasteiger partial charge >= 0.3 is 0 Å². The molecule has 0 bridgehead atoms. The van der Waals surface area contributed by atoms with Crippen LogP contribution < -0.4 is 5.32 Å². The molecule has 0 aromatic carbocycles. The van der Waals surface area contributed by atoms with Crippen LogP contribution in [-0.2, 0) is 11.4 Å². The number of aliphatic hydroxyl groups is 1. The molecule has 1 amide bonds. The second-order valence-corrected chi connectivity index (χ2v) is 3.46. The number of nitrogens with one attached hydrogen (secondary N) is 1. The van der Waals surface area contributed by atoms with Gasteiger partial charge in [-0.05, 0) is 25.5 Å². The predicted octanol–water partition coefficient (Wildman–Crippen LogP) is 1.78. The van der Waals surface area contributed by atoms with Crippen LogP contribution >= 0.6 is 0 Å². The third kappa shape index (κ3) is 2.87. The fourth-order valence-corrected chi connectivity index (χ4v) is 1.08. The maximum atomic E-state index is 13.2. The maximum Gasteiger partial charge on any atom is 0.284 e. The summed E-state index contributed by atoms with van der Waals surface area (Å²) in [6.07, 6.45) is 2.85. The summed E-state index contributed by atoms with van der Waals surface area (Å²) in [7, 11) is 0. The van der Waals surface area contributed by atoms with Crippen LogP contribution in [0, 0.1) is 0 Å². The zero-order valence-electron chi connectivity index (χ0n) is 9.12. The predicted molar refractivity (Wildman–Crippen MR) is 58.3 cm³/mol. The molecule has 0 aliphatic carbocycles. The number of allylic oxidation sites excluding steroid dienone is 1. The van der Waals surface area contributed by atoms with Crippen molar-refractivity contribution >= 4 is 11.6 Å². The van der Waals surface area contributed by atoms with Crippen molar-refractivity contribution in [3.8, 4) is 0 Å². The Hall–Kier alpha value is -1.75. The topological polar surface area (TPSA) is 62.2 Å². The average Bonchev–Trinajstić information content (AvgIpc) is 2.28. The molecule has 86 valence electrons. The van der Waals surface area contributed by atoms with E-state index in [9.17, 15) is 9.18 Å². The third-order valence-corrected chi connectivity index (χ3v) is 1.97. The first-order valence-electron chi connectivity index (χ1n) is 4.74. The summed E-state index contributed by atoms with van der Waals surface area (Å²) >= 11 is 0. The second-order valence-electron chi connectivity index (χ2n) is 3.46. The zero-order valence-corrected chi connectivity index (χ0v) is 9.12. The number of hydrogen-bond acceptors (Lipinski definition) is 3. The lowest BCUT2D eigenvalue weighted by Crippen LogP contribution is -2.14. The summed E-state index contributed by atoms with van der Waals surface area (Å²) < 4.78 is 13.2. The highest BCUT2D eigenvalue weighted by Gasteiger charge is 2.12. The first-order valence-corrected chi connectivity index (χ1v) is 4.74. The maximum absolute atomic E-state index is 13.2. The van der Waals surface area contributed by atoms with Crippen molar-refractivity contribution in [2.24, 2.45) is 0 Å². The standard InChI is InChI=1S/C11H13FN2O2/c1-7(2)10(12)11(16)14-9-5-13-4-3-8(9)6-15/h3-5,15H,6H2,1-2H3,(H,14,16). The van der Waals surface area contributed by atoms with Gasteiger partial charge in [0.2, 0.25) is 0 Å². The van der Waals surface area contributed by atoms with Crippen molar-refractivity contribution in [2.75, 3.05) is 5.32 Å². The highest BCUT2D eigenvalue weighted by atomic mass is 19.1. The minimum atomic E-state index is -0.831. The quantitative estimate of drug-likeness (QED) is 0.769. The molecular formula is C11H13FN2O2. The lowest BCUT2D eigenvalue weighted by Gasteiger charge is -2.07. The number of carbonyl (C=O) groups is 1. The zero-order chi connectivity index (χ0) is 12.1. The Labute approximate surface area is 92.8 Å². The molecule has 0 saturated heterocycles. The van der Waals surface area contributed by atoms with Gasteiger partial charge in [0.15, 0.2) is 5.83 Å². The number of aliphatic hydroxyl groups excluding tert-OH is 1. The molecule has 16 heavy (non-hydrogen) atoms. The average molecular weight is 224 g/mol. The molecule has 5 heteroatoms. The highest BCUT2D eigenvalue weighted by Crippen LogP contribution is 2.15. The van der Waals surface area contributed by atoms with E-state index in [1.54, 1.807) is 6.07 Å². The Balaban J connectivity index is 2.89. The number of aromatic nitrogens is 1. The van der Waals surface area contributed by atoms with Crippen molar-refractivity contribution in [1.82, 2.24) is 4.98 Å². The second kappa shape index (κ2) is 5.37. The van der Waals surface area contributed by atoms with Crippen LogP contribution in [-0.4, -0.2) is 16.0 Å². The lowest BCUT2D eigenvalue weighted by molar-refractivity contribution is -0.114. The molecule has 0 spiro atoms. The molecule has 1 aromatic heterocycles. The number of pyridine rings is 1. The summed E-state index contributed by atoms with van der Waals surface area (Å²) in [5.74, 6) is -1.66. The summed E-state index contributed by atoms with van der Waals surface area (Å²) in [6.45, 7) is 2.77. The van der Waals surface area contributed by atoms with Gasteiger partial charge in [0.1, 0.15) is 0 Å². The number of amides is 1. The van der Waals surface area contributed by atoms with E-state index < -0.39 is 11.7 Å². The van der Waals surface area contributed by atoms with Gasteiger partial charge in [-0.3, -0.25) is 9.78 Å². The lowest BCUT2D eigenvalue weighted by atomic mass is 10.2. The molecule has 0 atom stereocenters. The summed E-state index contributed by atoms with van der Waals surface area (Å²) in [4.78, 5) is 15.2. The van der Waals surface area contributed by atoms with Crippen LogP contribution in [0.2, 0.25) is 0 Å². The van der Waals surface area contributed by atoms with Gasteiger partial charge in [-0.15, -0.1) is 0 Å². The van der Waals surface area contributed by atoms with Gasteiger partial charge in [0.05, 0.1) is 18.5 Å². The molecule has 0 aliphatic rings. The van der Waals surface area contributed by atoms with Gasteiger partial charge in [-0.2, -0.15) is 0 Å². The fraction of sp³-hybridized carbons (Fsp3) is 0.273. The van der Waals surface area contributed by atoms with E-state index in [2.05, 4.69) is 10.3 Å². The third-order valence-electron chi connectivity index (χ3n) is 1.97. The molecule has 1 aromatic rings. The first-order chi connectivity index (χ1) is 7.56. The molecule has 1 rings (SSSR count). The Morgan fingerprint density at radius 2 is 2.25 bits per heavy atom. The normalized spacial score (nSPS) is 9.75. The molecule has 0 saturated carbocycles. The van der Waals surface area contributed by atoms with Crippen molar-refractivity contribution in [2.45, 2.75) is 20.5 Å². The minimum Gasteiger partial charge on any atom is -0.392 e. The van der Waals surface area contributed by atoms with Crippen LogP contribution in [0.25, 0.3) is 0 Å². The summed E-state index contributed by atoms with van der Waals surface area (Å²) in [5, 5.41) is 11.3. The van der Waals surface area contributed by atoms with Gasteiger partial charge in [0, 0.05) is 11.8 Å². The van der Waals surface area contributed by atoms with Crippen molar-refractivity contribution in [3.63, 3.8) is 0 Å². The van der Waals surface area contributed by atoms with Crippen molar-refractivity contribution < 1.29 is 14.3 Å². The van der Waals surface area contributed by atoms with Crippen LogP contribution in [0.1, 0.15) is 19.4 Å². The molecule has 4 nitrogen and oxygen atoms in total. The first kappa shape index (κ1) is 12.3. The number of hydrogen-bond donors (Lipinski definition) is 2. The van der Waals surface area contributed by atoms with E-state index in [1.807, 2.05) is 0 Å². The van der Waals surface area contributed by atoms with Crippen molar-refractivity contribution in [3.05, 3.63) is 35.4 Å². The molecule has 0 fully saturated rings. The number of halogens is 1. The van der Waals surface area contributed by atoms with Gasteiger partial charge < -0.3 is 10.4 Å². The molecule has 0 unspecified atom stereocenters. The SMILES string of the molecule is CC(C)=C(F)C(=O)Nc1cnccc1CO. The Bertz CT molecular complexity index is 426. The number of anilines is 1. The van der Waals surface area contributed by atoms with E-state index in [4.69, 9.17) is 5.11 Å². The summed E-state index contributed by atoms with van der Waals surface area (Å²) in [5.41, 5.74) is 1.10. The smallest absolute Gasteiger partial charge is 0.284 e. The van der Waals surface area contributed by atoms with Gasteiger partial charge in [0.25, 0.3) is 5.91 Å².